The van der Waals surface area contributed by atoms with Crippen LogP contribution in [0.5, 0.6) is 0 Å². The summed E-state index contributed by atoms with van der Waals surface area (Å²) in [6.07, 6.45) is 0.675. The number of halogens is 2. The lowest BCUT2D eigenvalue weighted by molar-refractivity contribution is 0.112. The number of hydrogen-bond acceptors (Lipinski definition) is 2. The van der Waals surface area contributed by atoms with Crippen LogP contribution in [-0.4, -0.2) is 13.3 Å². The van der Waals surface area contributed by atoms with Crippen LogP contribution in [0.15, 0.2) is 18.2 Å². The van der Waals surface area contributed by atoms with Crippen LogP contribution in [0.25, 0.3) is 0 Å². The molecule has 0 radical (unpaired) electrons. The summed E-state index contributed by atoms with van der Waals surface area (Å²) in [6, 6.07) is 4.93. The first kappa shape index (κ1) is 11.4. The molecule has 0 amide bonds. The van der Waals surface area contributed by atoms with Crippen LogP contribution in [0, 0.1) is 0 Å². The van der Waals surface area contributed by atoms with E-state index in [0.29, 0.717) is 21.9 Å². The standard InChI is InChI=1S/C7H4Cl2O.CH5N/c8-6-3-1-2-5(4-10)7(6)9;1-2/h1-4H;2H2,1H3. The van der Waals surface area contributed by atoms with Gasteiger partial charge in [-0.2, -0.15) is 0 Å². The minimum Gasteiger partial charge on any atom is -0.333 e. The summed E-state index contributed by atoms with van der Waals surface area (Å²) < 4.78 is 0. The Morgan fingerprint density at radius 2 is 1.92 bits per heavy atom. The van der Waals surface area contributed by atoms with E-state index in [9.17, 15) is 4.79 Å². The largest absolute Gasteiger partial charge is 0.333 e. The number of carbonyl (C=O) groups is 1. The van der Waals surface area contributed by atoms with Crippen molar-refractivity contribution in [2.45, 2.75) is 0 Å². The van der Waals surface area contributed by atoms with Gasteiger partial charge >= 0.3 is 0 Å². The first-order chi connectivity index (χ1) is 5.75. The van der Waals surface area contributed by atoms with Gasteiger partial charge in [-0.05, 0) is 13.1 Å². The van der Waals surface area contributed by atoms with Crippen LogP contribution in [-0.2, 0) is 0 Å². The molecule has 0 aliphatic heterocycles. The maximum absolute atomic E-state index is 10.2. The van der Waals surface area contributed by atoms with Gasteiger partial charge in [-0.1, -0.05) is 35.3 Å². The second-order valence-corrected chi connectivity index (χ2v) is 2.55. The normalized spacial score (nSPS) is 8.33. The van der Waals surface area contributed by atoms with Crippen molar-refractivity contribution >= 4 is 29.5 Å². The smallest absolute Gasteiger partial charge is 0.151 e. The molecule has 0 spiro atoms. The zero-order chi connectivity index (χ0) is 9.56. The Bertz CT molecular complexity index is 263. The molecule has 12 heavy (non-hydrogen) atoms. The van der Waals surface area contributed by atoms with Gasteiger partial charge in [-0.25, -0.2) is 0 Å². The Balaban J connectivity index is 0.000000561. The summed E-state index contributed by atoms with van der Waals surface area (Å²) in [5.41, 5.74) is 4.93. The van der Waals surface area contributed by atoms with Gasteiger partial charge in [-0.3, -0.25) is 4.79 Å². The summed E-state index contributed by atoms with van der Waals surface area (Å²) in [5, 5.41) is 0.727. The number of aldehydes is 1. The monoisotopic (exact) mass is 205 g/mol. The Hall–Kier alpha value is -0.570. The number of rotatable bonds is 1. The third kappa shape index (κ3) is 2.81. The van der Waals surface area contributed by atoms with Gasteiger partial charge in [0.25, 0.3) is 0 Å². The molecule has 0 unspecified atom stereocenters. The van der Waals surface area contributed by atoms with Gasteiger partial charge in [-0.15, -0.1) is 0 Å². The topological polar surface area (TPSA) is 43.1 Å². The summed E-state index contributed by atoms with van der Waals surface area (Å²) in [5.74, 6) is 0. The highest BCUT2D eigenvalue weighted by molar-refractivity contribution is 6.43. The lowest BCUT2D eigenvalue weighted by Gasteiger charge is -1.95. The van der Waals surface area contributed by atoms with E-state index in [1.807, 2.05) is 0 Å². The van der Waals surface area contributed by atoms with Gasteiger partial charge in [0.2, 0.25) is 0 Å². The van der Waals surface area contributed by atoms with E-state index in [0.717, 1.165) is 0 Å². The Morgan fingerprint density at radius 3 is 2.33 bits per heavy atom. The molecule has 66 valence electrons. The van der Waals surface area contributed by atoms with Gasteiger partial charge in [0.1, 0.15) is 0 Å². The van der Waals surface area contributed by atoms with Crippen LogP contribution in [0.1, 0.15) is 10.4 Å². The molecule has 1 rings (SSSR count). The highest BCUT2D eigenvalue weighted by Crippen LogP contribution is 2.23. The van der Waals surface area contributed by atoms with E-state index in [1.165, 1.54) is 7.05 Å². The first-order valence-corrected chi connectivity index (χ1v) is 3.98. The lowest BCUT2D eigenvalue weighted by atomic mass is 10.2. The molecule has 2 N–H and O–H groups in total. The molecule has 0 fully saturated rings. The second-order valence-electron chi connectivity index (χ2n) is 1.76. The highest BCUT2D eigenvalue weighted by atomic mass is 35.5. The van der Waals surface area contributed by atoms with Crippen LogP contribution >= 0.6 is 23.2 Å². The summed E-state index contributed by atoms with van der Waals surface area (Å²) in [7, 11) is 1.50. The minimum atomic E-state index is 0.319. The summed E-state index contributed by atoms with van der Waals surface area (Å²) in [6.45, 7) is 0. The predicted molar refractivity (Wildman–Crippen MR) is 52.0 cm³/mol. The fraction of sp³-hybridized carbons (Fsp3) is 0.125. The highest BCUT2D eigenvalue weighted by Gasteiger charge is 2.00. The van der Waals surface area contributed by atoms with Gasteiger partial charge < -0.3 is 5.73 Å². The van der Waals surface area contributed by atoms with Gasteiger partial charge in [0, 0.05) is 5.56 Å². The van der Waals surface area contributed by atoms with Crippen molar-refractivity contribution in [1.29, 1.82) is 0 Å². The molecule has 0 heterocycles. The molecule has 0 aromatic heterocycles. The quantitative estimate of drug-likeness (QED) is 0.716. The SMILES string of the molecule is CN.O=Cc1cccc(Cl)c1Cl. The zero-order valence-electron chi connectivity index (χ0n) is 6.55. The number of benzene rings is 1. The average molecular weight is 206 g/mol. The molecular formula is C8H9Cl2NO. The maximum atomic E-state index is 10.2. The fourth-order valence-corrected chi connectivity index (χ4v) is 0.964. The molecule has 2 nitrogen and oxygen atoms in total. The number of carbonyl (C=O) groups excluding carboxylic acids is 1. The Kier molecular flexibility index (Phi) is 5.72. The predicted octanol–water partition coefficient (Wildman–Crippen LogP) is 2.38. The molecule has 0 atom stereocenters. The van der Waals surface area contributed by atoms with Crippen LogP contribution in [0.2, 0.25) is 10.0 Å². The van der Waals surface area contributed by atoms with E-state index in [-0.39, 0.29) is 0 Å². The molecule has 4 heteroatoms. The average Bonchev–Trinajstić information content (AvgIpc) is 2.13. The van der Waals surface area contributed by atoms with Crippen LogP contribution in [0.3, 0.4) is 0 Å². The third-order valence-electron chi connectivity index (χ3n) is 1.11. The van der Waals surface area contributed by atoms with Gasteiger partial charge in [0.05, 0.1) is 10.0 Å². The van der Waals surface area contributed by atoms with E-state index in [2.05, 4.69) is 5.73 Å². The van der Waals surface area contributed by atoms with Crippen LogP contribution < -0.4 is 5.73 Å². The van der Waals surface area contributed by atoms with Crippen molar-refractivity contribution in [1.82, 2.24) is 0 Å². The van der Waals surface area contributed by atoms with E-state index in [1.54, 1.807) is 18.2 Å². The maximum Gasteiger partial charge on any atom is 0.151 e. The third-order valence-corrected chi connectivity index (χ3v) is 1.94. The van der Waals surface area contributed by atoms with Crippen molar-refractivity contribution in [2.75, 3.05) is 7.05 Å². The molecule has 1 aromatic carbocycles. The zero-order valence-corrected chi connectivity index (χ0v) is 8.06. The van der Waals surface area contributed by atoms with Gasteiger partial charge in [0.15, 0.2) is 6.29 Å². The van der Waals surface area contributed by atoms with Crippen molar-refractivity contribution in [3.05, 3.63) is 33.8 Å². The minimum absolute atomic E-state index is 0.319. The molecular weight excluding hydrogens is 197 g/mol. The Morgan fingerprint density at radius 1 is 1.33 bits per heavy atom. The van der Waals surface area contributed by atoms with E-state index < -0.39 is 0 Å². The molecule has 0 saturated carbocycles. The van der Waals surface area contributed by atoms with Crippen molar-refractivity contribution < 1.29 is 4.79 Å². The Labute approximate surface area is 81.3 Å². The summed E-state index contributed by atoms with van der Waals surface area (Å²) in [4.78, 5) is 10.2. The first-order valence-electron chi connectivity index (χ1n) is 3.22. The molecule has 0 aliphatic carbocycles. The van der Waals surface area contributed by atoms with E-state index in [4.69, 9.17) is 23.2 Å². The van der Waals surface area contributed by atoms with E-state index >= 15 is 0 Å². The summed E-state index contributed by atoms with van der Waals surface area (Å²) >= 11 is 11.2. The fourth-order valence-electron chi connectivity index (χ4n) is 0.611. The molecule has 0 aliphatic rings. The number of nitrogens with two attached hydrogens (primary N) is 1. The molecule has 1 aromatic rings. The van der Waals surface area contributed by atoms with Crippen molar-refractivity contribution in [3.63, 3.8) is 0 Å². The van der Waals surface area contributed by atoms with Crippen molar-refractivity contribution in [3.8, 4) is 0 Å². The molecule has 0 saturated heterocycles. The molecule has 0 bridgehead atoms. The number of hydrogen-bond donors (Lipinski definition) is 1. The van der Waals surface area contributed by atoms with Crippen LogP contribution in [0.4, 0.5) is 0 Å². The second kappa shape index (κ2) is 6.00. The lowest BCUT2D eigenvalue weighted by Crippen LogP contribution is -1.80. The van der Waals surface area contributed by atoms with Crippen molar-refractivity contribution in [2.24, 2.45) is 5.73 Å².